The van der Waals surface area contributed by atoms with E-state index in [0.717, 1.165) is 3.79 Å². The number of rotatable bonds is 2. The first-order valence-corrected chi connectivity index (χ1v) is 5.28. The summed E-state index contributed by atoms with van der Waals surface area (Å²) >= 11 is 4.65. The molecular formula is C7H5BrN4OS. The summed E-state index contributed by atoms with van der Waals surface area (Å²) in [7, 11) is 0. The van der Waals surface area contributed by atoms with Crippen molar-refractivity contribution in [3.8, 4) is 0 Å². The number of carbonyl (C=O) groups excluding carboxylic acids is 1. The molecule has 0 saturated carbocycles. The SMILES string of the molecule is O=C(Nn1cnnc1)c1ccc(Br)s1. The second-order valence-electron chi connectivity index (χ2n) is 2.41. The second kappa shape index (κ2) is 3.89. The zero-order valence-electron chi connectivity index (χ0n) is 6.85. The van der Waals surface area contributed by atoms with Gasteiger partial charge in [0.1, 0.15) is 12.7 Å². The van der Waals surface area contributed by atoms with Crippen LogP contribution in [0, 0.1) is 0 Å². The molecule has 1 N–H and O–H groups in total. The van der Waals surface area contributed by atoms with E-state index >= 15 is 0 Å². The van der Waals surface area contributed by atoms with Crippen molar-refractivity contribution in [1.29, 1.82) is 0 Å². The zero-order chi connectivity index (χ0) is 9.97. The summed E-state index contributed by atoms with van der Waals surface area (Å²) in [6, 6.07) is 3.57. The molecule has 1 amide bonds. The topological polar surface area (TPSA) is 59.8 Å². The van der Waals surface area contributed by atoms with Crippen LogP contribution < -0.4 is 5.43 Å². The van der Waals surface area contributed by atoms with Crippen molar-refractivity contribution in [3.05, 3.63) is 33.5 Å². The number of carbonyl (C=O) groups is 1. The van der Waals surface area contributed by atoms with Crippen molar-refractivity contribution >= 4 is 33.2 Å². The Morgan fingerprint density at radius 1 is 1.43 bits per heavy atom. The van der Waals surface area contributed by atoms with E-state index in [1.54, 1.807) is 6.07 Å². The molecule has 0 aliphatic carbocycles. The molecule has 2 aromatic rings. The van der Waals surface area contributed by atoms with Gasteiger partial charge in [0.15, 0.2) is 0 Å². The monoisotopic (exact) mass is 272 g/mol. The Kier molecular flexibility index (Phi) is 2.60. The number of amides is 1. The highest BCUT2D eigenvalue weighted by molar-refractivity contribution is 9.11. The van der Waals surface area contributed by atoms with Crippen LogP contribution in [0.2, 0.25) is 0 Å². The van der Waals surface area contributed by atoms with Gasteiger partial charge < -0.3 is 0 Å². The van der Waals surface area contributed by atoms with E-state index in [1.165, 1.54) is 28.7 Å². The molecule has 0 unspecified atom stereocenters. The van der Waals surface area contributed by atoms with E-state index in [2.05, 4.69) is 31.6 Å². The zero-order valence-corrected chi connectivity index (χ0v) is 9.25. The fraction of sp³-hybridized carbons (Fsp3) is 0. The van der Waals surface area contributed by atoms with Crippen molar-refractivity contribution in [2.75, 3.05) is 5.43 Å². The summed E-state index contributed by atoms with van der Waals surface area (Å²) in [4.78, 5) is 12.2. The lowest BCUT2D eigenvalue weighted by atomic mass is 10.4. The van der Waals surface area contributed by atoms with E-state index in [1.807, 2.05) is 6.07 Å². The molecule has 0 aliphatic heterocycles. The Labute approximate surface area is 91.9 Å². The van der Waals surface area contributed by atoms with Gasteiger partial charge in [0.05, 0.1) is 8.66 Å². The van der Waals surface area contributed by atoms with E-state index in [9.17, 15) is 4.79 Å². The molecule has 72 valence electrons. The van der Waals surface area contributed by atoms with Crippen LogP contribution in [-0.2, 0) is 0 Å². The predicted molar refractivity (Wildman–Crippen MR) is 55.7 cm³/mol. The van der Waals surface area contributed by atoms with E-state index in [4.69, 9.17) is 0 Å². The molecule has 0 saturated heterocycles. The summed E-state index contributed by atoms with van der Waals surface area (Å²) in [5, 5.41) is 7.13. The lowest BCUT2D eigenvalue weighted by Gasteiger charge is -2.00. The molecule has 2 heterocycles. The molecule has 0 fully saturated rings. The van der Waals surface area contributed by atoms with Crippen LogP contribution in [-0.4, -0.2) is 20.8 Å². The molecule has 0 spiro atoms. The Morgan fingerprint density at radius 2 is 2.14 bits per heavy atom. The van der Waals surface area contributed by atoms with Crippen molar-refractivity contribution in [3.63, 3.8) is 0 Å². The molecule has 2 rings (SSSR count). The average molecular weight is 273 g/mol. The van der Waals surface area contributed by atoms with Crippen molar-refractivity contribution in [1.82, 2.24) is 14.9 Å². The predicted octanol–water partition coefficient (Wildman–Crippen LogP) is 1.49. The van der Waals surface area contributed by atoms with Gasteiger partial charge in [0.2, 0.25) is 0 Å². The third-order valence-electron chi connectivity index (χ3n) is 1.45. The Balaban J connectivity index is 2.10. The normalized spacial score (nSPS) is 10.1. The van der Waals surface area contributed by atoms with Gasteiger partial charge in [-0.25, -0.2) is 4.68 Å². The summed E-state index contributed by atoms with van der Waals surface area (Å²) in [6.45, 7) is 0. The molecular weight excluding hydrogens is 268 g/mol. The first kappa shape index (κ1) is 9.35. The lowest BCUT2D eigenvalue weighted by Crippen LogP contribution is -2.20. The Bertz CT molecular complexity index is 438. The standard InChI is InChI=1S/C7H5BrN4OS/c8-6-2-1-5(14-6)7(13)11-12-3-9-10-4-12/h1-4H,(H,11,13). The highest BCUT2D eigenvalue weighted by Crippen LogP contribution is 2.21. The highest BCUT2D eigenvalue weighted by Gasteiger charge is 2.07. The molecule has 0 atom stereocenters. The minimum absolute atomic E-state index is 0.180. The van der Waals surface area contributed by atoms with Gasteiger partial charge in [-0.05, 0) is 28.1 Å². The molecule has 0 aliphatic rings. The first-order chi connectivity index (χ1) is 6.75. The van der Waals surface area contributed by atoms with Crippen LogP contribution in [0.5, 0.6) is 0 Å². The quantitative estimate of drug-likeness (QED) is 0.901. The van der Waals surface area contributed by atoms with Crippen LogP contribution in [0.25, 0.3) is 0 Å². The summed E-state index contributed by atoms with van der Waals surface area (Å²) in [5.41, 5.74) is 2.59. The minimum Gasteiger partial charge on any atom is -0.266 e. The third kappa shape index (κ3) is 1.99. The van der Waals surface area contributed by atoms with Gasteiger partial charge >= 0.3 is 0 Å². The van der Waals surface area contributed by atoms with Gasteiger partial charge in [-0.2, -0.15) is 0 Å². The number of nitrogens with one attached hydrogen (secondary N) is 1. The van der Waals surface area contributed by atoms with Gasteiger partial charge in [-0.3, -0.25) is 10.2 Å². The van der Waals surface area contributed by atoms with E-state index in [-0.39, 0.29) is 5.91 Å². The molecule has 0 radical (unpaired) electrons. The van der Waals surface area contributed by atoms with Crippen LogP contribution in [0.15, 0.2) is 28.6 Å². The fourth-order valence-corrected chi connectivity index (χ4v) is 2.14. The smallest absolute Gasteiger partial charge is 0.266 e. The number of halogens is 1. The molecule has 7 heteroatoms. The largest absolute Gasteiger partial charge is 0.280 e. The number of nitrogens with zero attached hydrogens (tertiary/aromatic N) is 3. The number of thiophene rings is 1. The summed E-state index contributed by atoms with van der Waals surface area (Å²) < 4.78 is 2.32. The summed E-state index contributed by atoms with van der Waals surface area (Å²) in [6.07, 6.45) is 2.83. The van der Waals surface area contributed by atoms with Gasteiger partial charge in [0, 0.05) is 0 Å². The molecule has 2 aromatic heterocycles. The fourth-order valence-electron chi connectivity index (χ4n) is 0.867. The van der Waals surface area contributed by atoms with E-state index in [0.29, 0.717) is 4.88 Å². The molecule has 0 aromatic carbocycles. The van der Waals surface area contributed by atoms with Crippen molar-refractivity contribution in [2.24, 2.45) is 0 Å². The van der Waals surface area contributed by atoms with E-state index < -0.39 is 0 Å². The van der Waals surface area contributed by atoms with Gasteiger partial charge in [-0.15, -0.1) is 21.5 Å². The molecule has 0 bridgehead atoms. The minimum atomic E-state index is -0.180. The maximum absolute atomic E-state index is 11.5. The maximum atomic E-state index is 11.5. The molecule has 14 heavy (non-hydrogen) atoms. The number of hydrogen-bond donors (Lipinski definition) is 1. The second-order valence-corrected chi connectivity index (χ2v) is 4.88. The van der Waals surface area contributed by atoms with Crippen LogP contribution in [0.4, 0.5) is 0 Å². The van der Waals surface area contributed by atoms with Crippen LogP contribution >= 0.6 is 27.3 Å². The number of hydrogen-bond acceptors (Lipinski definition) is 4. The van der Waals surface area contributed by atoms with Gasteiger partial charge in [0.25, 0.3) is 5.91 Å². The highest BCUT2D eigenvalue weighted by atomic mass is 79.9. The average Bonchev–Trinajstić information content (AvgIpc) is 2.75. The third-order valence-corrected chi connectivity index (χ3v) is 3.07. The Morgan fingerprint density at radius 3 is 2.71 bits per heavy atom. The Hall–Kier alpha value is -1.21. The lowest BCUT2D eigenvalue weighted by molar-refractivity contribution is 0.101. The van der Waals surface area contributed by atoms with Crippen LogP contribution in [0.1, 0.15) is 9.67 Å². The van der Waals surface area contributed by atoms with Gasteiger partial charge in [-0.1, -0.05) is 0 Å². The van der Waals surface area contributed by atoms with Crippen LogP contribution in [0.3, 0.4) is 0 Å². The van der Waals surface area contributed by atoms with Crippen molar-refractivity contribution < 1.29 is 4.79 Å². The molecule has 5 nitrogen and oxygen atoms in total. The first-order valence-electron chi connectivity index (χ1n) is 3.67. The number of aromatic nitrogens is 3. The van der Waals surface area contributed by atoms with Crippen molar-refractivity contribution in [2.45, 2.75) is 0 Å². The summed E-state index contributed by atoms with van der Waals surface area (Å²) in [5.74, 6) is -0.180. The maximum Gasteiger partial charge on any atom is 0.280 e.